The van der Waals surface area contributed by atoms with Crippen molar-refractivity contribution in [1.29, 1.82) is 0 Å². The summed E-state index contributed by atoms with van der Waals surface area (Å²) in [6.07, 6.45) is 0. The normalized spacial score (nSPS) is 10.8. The zero-order chi connectivity index (χ0) is 19.1. The average molecular weight is 403 g/mol. The number of hydrogen-bond donors (Lipinski definition) is 1. The van der Waals surface area contributed by atoms with Gasteiger partial charge in [0.25, 0.3) is 5.91 Å². The average Bonchev–Trinajstić information content (AvgIpc) is 3.11. The lowest BCUT2D eigenvalue weighted by atomic mass is 10.3. The molecule has 0 saturated heterocycles. The molecule has 0 unspecified atom stereocenters. The minimum atomic E-state index is -0.253. The number of carbonyl (C=O) groups excluding carboxylic acids is 1. The van der Waals surface area contributed by atoms with Crippen molar-refractivity contribution >= 4 is 34.5 Å². The highest BCUT2D eigenvalue weighted by atomic mass is 35.5. The lowest BCUT2D eigenvalue weighted by Crippen LogP contribution is -2.23. The minimum Gasteiger partial charge on any atom is -0.492 e. The lowest BCUT2D eigenvalue weighted by Gasteiger charge is -2.15. The van der Waals surface area contributed by atoms with E-state index < -0.39 is 0 Å². The van der Waals surface area contributed by atoms with Gasteiger partial charge in [-0.3, -0.25) is 9.69 Å². The van der Waals surface area contributed by atoms with Gasteiger partial charge < -0.3 is 10.1 Å². The van der Waals surface area contributed by atoms with E-state index in [4.69, 9.17) is 16.3 Å². The number of rotatable bonds is 8. The molecule has 0 saturated carbocycles. The van der Waals surface area contributed by atoms with Crippen LogP contribution in [0.1, 0.15) is 14.8 Å². The first kappa shape index (κ1) is 19.3. The number of amides is 1. The van der Waals surface area contributed by atoms with Crippen molar-refractivity contribution in [2.45, 2.75) is 6.54 Å². The topological polar surface area (TPSA) is 67.3 Å². The van der Waals surface area contributed by atoms with Crippen molar-refractivity contribution in [3.05, 3.63) is 69.6 Å². The molecule has 140 valence electrons. The van der Waals surface area contributed by atoms with E-state index in [1.807, 2.05) is 55.6 Å². The molecular weight excluding hydrogens is 384 g/mol. The Hall–Kier alpha value is -2.48. The number of para-hydroxylation sites is 1. The molecule has 2 aromatic carbocycles. The minimum absolute atomic E-state index is 0.253. The fourth-order valence-electron chi connectivity index (χ4n) is 2.30. The number of carbonyl (C=O) groups is 1. The van der Waals surface area contributed by atoms with E-state index in [-0.39, 0.29) is 5.91 Å². The second-order valence-electron chi connectivity index (χ2n) is 5.86. The van der Waals surface area contributed by atoms with E-state index in [1.54, 1.807) is 6.07 Å². The van der Waals surface area contributed by atoms with Crippen molar-refractivity contribution in [3.8, 4) is 5.75 Å². The second-order valence-corrected chi connectivity index (χ2v) is 7.36. The maximum atomic E-state index is 12.2. The second kappa shape index (κ2) is 9.45. The zero-order valence-corrected chi connectivity index (χ0v) is 16.3. The monoisotopic (exact) mass is 402 g/mol. The van der Waals surface area contributed by atoms with Crippen molar-refractivity contribution in [3.63, 3.8) is 0 Å². The van der Waals surface area contributed by atoms with Gasteiger partial charge in [0.2, 0.25) is 5.01 Å². The highest BCUT2D eigenvalue weighted by molar-refractivity contribution is 7.13. The summed E-state index contributed by atoms with van der Waals surface area (Å²) in [4.78, 5) is 14.3. The van der Waals surface area contributed by atoms with E-state index >= 15 is 0 Å². The summed E-state index contributed by atoms with van der Waals surface area (Å²) in [5.74, 6) is 0.489. The number of nitrogens with one attached hydrogen (secondary N) is 1. The molecule has 0 fully saturated rings. The van der Waals surface area contributed by atoms with Gasteiger partial charge in [-0.1, -0.05) is 47.2 Å². The molecule has 6 nitrogen and oxygen atoms in total. The van der Waals surface area contributed by atoms with Gasteiger partial charge in [-0.2, -0.15) is 0 Å². The van der Waals surface area contributed by atoms with Crippen molar-refractivity contribution in [1.82, 2.24) is 15.1 Å². The number of ether oxygens (including phenoxy) is 1. The van der Waals surface area contributed by atoms with Crippen LogP contribution in [-0.4, -0.2) is 41.2 Å². The summed E-state index contributed by atoms with van der Waals surface area (Å²) in [5, 5.41) is 12.7. The third-order valence-electron chi connectivity index (χ3n) is 3.64. The molecule has 0 bridgehead atoms. The highest BCUT2D eigenvalue weighted by Crippen LogP contribution is 2.17. The molecule has 3 rings (SSSR count). The first-order chi connectivity index (χ1) is 13.1. The Morgan fingerprint density at radius 1 is 1.19 bits per heavy atom. The van der Waals surface area contributed by atoms with Crippen LogP contribution in [0.4, 0.5) is 5.69 Å². The molecule has 0 aliphatic rings. The van der Waals surface area contributed by atoms with Gasteiger partial charge in [0, 0.05) is 17.3 Å². The summed E-state index contributed by atoms with van der Waals surface area (Å²) in [6.45, 7) is 1.82. The molecule has 0 spiro atoms. The molecule has 27 heavy (non-hydrogen) atoms. The van der Waals surface area contributed by atoms with Gasteiger partial charge in [-0.05, 0) is 37.4 Å². The van der Waals surface area contributed by atoms with E-state index in [0.717, 1.165) is 16.4 Å². The Balaban J connectivity index is 1.46. The summed E-state index contributed by atoms with van der Waals surface area (Å²) in [5.41, 5.74) is 0.731. The molecular formula is C19H19ClN4O2S. The molecule has 3 aromatic rings. The van der Waals surface area contributed by atoms with Crippen LogP contribution in [-0.2, 0) is 6.54 Å². The molecule has 1 amide bonds. The predicted octanol–water partition coefficient (Wildman–Crippen LogP) is 3.95. The Bertz CT molecular complexity index is 888. The van der Waals surface area contributed by atoms with Crippen molar-refractivity contribution in [2.24, 2.45) is 0 Å². The SMILES string of the molecule is CN(CCOc1cccc(Cl)c1)Cc1nnc(C(=O)Nc2ccccc2)s1. The number of aromatic nitrogens is 2. The molecule has 1 heterocycles. The number of benzene rings is 2. The van der Waals surface area contributed by atoms with Crippen LogP contribution < -0.4 is 10.1 Å². The molecule has 8 heteroatoms. The van der Waals surface area contributed by atoms with Crippen LogP contribution in [0.2, 0.25) is 5.02 Å². The van der Waals surface area contributed by atoms with Gasteiger partial charge >= 0.3 is 0 Å². The first-order valence-electron chi connectivity index (χ1n) is 8.36. The summed E-state index contributed by atoms with van der Waals surface area (Å²) in [7, 11) is 1.96. The maximum absolute atomic E-state index is 12.2. The molecule has 1 aromatic heterocycles. The van der Waals surface area contributed by atoms with Gasteiger partial charge in [-0.15, -0.1) is 10.2 Å². The molecule has 0 aliphatic heterocycles. The maximum Gasteiger partial charge on any atom is 0.286 e. The standard InChI is InChI=1S/C19H19ClN4O2S/c1-24(10-11-26-16-9-5-6-14(20)12-16)13-17-22-23-19(27-17)18(25)21-15-7-3-2-4-8-15/h2-9,12H,10-11,13H2,1H3,(H,21,25). The molecule has 0 atom stereocenters. The van der Waals surface area contributed by atoms with Gasteiger partial charge in [0.1, 0.15) is 17.4 Å². The lowest BCUT2D eigenvalue weighted by molar-refractivity contribution is 0.102. The number of halogens is 1. The molecule has 1 N–H and O–H groups in total. The molecule has 0 aliphatic carbocycles. The Kier molecular flexibility index (Phi) is 6.75. The van der Waals surface area contributed by atoms with Crippen LogP contribution in [0.5, 0.6) is 5.75 Å². The zero-order valence-electron chi connectivity index (χ0n) is 14.8. The Labute approximate surface area is 166 Å². The summed E-state index contributed by atoms with van der Waals surface area (Å²) in [6, 6.07) is 16.6. The highest BCUT2D eigenvalue weighted by Gasteiger charge is 2.14. The van der Waals surface area contributed by atoms with Gasteiger partial charge in [0.05, 0.1) is 6.54 Å². The summed E-state index contributed by atoms with van der Waals surface area (Å²) >= 11 is 7.22. The quantitative estimate of drug-likeness (QED) is 0.617. The largest absolute Gasteiger partial charge is 0.492 e. The van der Waals surface area contributed by atoms with Crippen molar-refractivity contribution in [2.75, 3.05) is 25.5 Å². The van der Waals surface area contributed by atoms with Gasteiger partial charge in [0.15, 0.2) is 0 Å². The van der Waals surface area contributed by atoms with E-state index in [1.165, 1.54) is 11.3 Å². The van der Waals surface area contributed by atoms with E-state index in [2.05, 4.69) is 20.4 Å². The molecule has 0 radical (unpaired) electrons. The summed E-state index contributed by atoms with van der Waals surface area (Å²) < 4.78 is 5.68. The Morgan fingerprint density at radius 3 is 2.78 bits per heavy atom. The van der Waals surface area contributed by atoms with E-state index in [0.29, 0.717) is 29.7 Å². The smallest absolute Gasteiger partial charge is 0.286 e. The van der Waals surface area contributed by atoms with Gasteiger partial charge in [-0.25, -0.2) is 0 Å². The van der Waals surface area contributed by atoms with Crippen LogP contribution in [0.15, 0.2) is 54.6 Å². The van der Waals surface area contributed by atoms with Crippen LogP contribution in [0, 0.1) is 0 Å². The van der Waals surface area contributed by atoms with Crippen LogP contribution >= 0.6 is 22.9 Å². The first-order valence-corrected chi connectivity index (χ1v) is 9.55. The predicted molar refractivity (Wildman–Crippen MR) is 108 cm³/mol. The Morgan fingerprint density at radius 2 is 2.00 bits per heavy atom. The number of anilines is 1. The third kappa shape index (κ3) is 6.02. The van der Waals surface area contributed by atoms with Crippen LogP contribution in [0.25, 0.3) is 0 Å². The van der Waals surface area contributed by atoms with E-state index in [9.17, 15) is 4.79 Å². The fourth-order valence-corrected chi connectivity index (χ4v) is 3.30. The number of nitrogens with zero attached hydrogens (tertiary/aromatic N) is 3. The fraction of sp³-hybridized carbons (Fsp3) is 0.211. The van der Waals surface area contributed by atoms with Crippen molar-refractivity contribution < 1.29 is 9.53 Å². The third-order valence-corrected chi connectivity index (χ3v) is 4.78. The number of hydrogen-bond acceptors (Lipinski definition) is 6. The van der Waals surface area contributed by atoms with Crippen LogP contribution in [0.3, 0.4) is 0 Å². The number of likely N-dealkylation sites (N-methyl/N-ethyl adjacent to an activating group) is 1.